The van der Waals surface area contributed by atoms with Gasteiger partial charge in [-0.15, -0.1) is 0 Å². The highest BCUT2D eigenvalue weighted by Crippen LogP contribution is 2.61. The van der Waals surface area contributed by atoms with Gasteiger partial charge in [0.05, 0.1) is 0 Å². The van der Waals surface area contributed by atoms with Crippen LogP contribution in [0.4, 0.5) is 0 Å². The Labute approximate surface area is 117 Å². The highest BCUT2D eigenvalue weighted by Gasteiger charge is 2.52. The average molecular weight is 307 g/mol. The van der Waals surface area contributed by atoms with E-state index < -0.39 is 0 Å². The predicted molar refractivity (Wildman–Crippen MR) is 75.7 cm³/mol. The molecule has 1 N–H and O–H groups in total. The van der Waals surface area contributed by atoms with Crippen molar-refractivity contribution in [2.45, 2.75) is 43.9 Å². The van der Waals surface area contributed by atoms with Crippen molar-refractivity contribution in [3.8, 4) is 5.75 Å². The Morgan fingerprint density at radius 2 is 1.56 bits per heavy atom. The van der Waals surface area contributed by atoms with Gasteiger partial charge in [0.25, 0.3) is 0 Å². The highest BCUT2D eigenvalue weighted by molar-refractivity contribution is 9.10. The van der Waals surface area contributed by atoms with Gasteiger partial charge < -0.3 is 5.11 Å². The fourth-order valence-corrected chi connectivity index (χ4v) is 5.74. The van der Waals surface area contributed by atoms with Crippen LogP contribution in [0.2, 0.25) is 0 Å². The Balaban J connectivity index is 1.79. The van der Waals surface area contributed by atoms with Crippen LogP contribution in [0.25, 0.3) is 0 Å². The number of phenolic OH excluding ortho intramolecular Hbond substituents is 1. The maximum absolute atomic E-state index is 10.3. The number of aromatic hydroxyl groups is 1. The first-order valence-corrected chi connectivity index (χ1v) is 7.93. The zero-order valence-electron chi connectivity index (χ0n) is 10.5. The predicted octanol–water partition coefficient (Wildman–Crippen LogP) is 4.62. The molecule has 1 aromatic rings. The Kier molecular flexibility index (Phi) is 2.36. The first-order chi connectivity index (χ1) is 8.64. The molecule has 0 radical (unpaired) electrons. The lowest BCUT2D eigenvalue weighted by molar-refractivity contribution is -0.00613. The Morgan fingerprint density at radius 3 is 2.06 bits per heavy atom. The van der Waals surface area contributed by atoms with E-state index in [2.05, 4.69) is 28.1 Å². The first-order valence-electron chi connectivity index (χ1n) is 7.14. The third-order valence-electron chi connectivity index (χ3n) is 5.57. The van der Waals surface area contributed by atoms with E-state index in [9.17, 15) is 5.11 Å². The van der Waals surface area contributed by atoms with Gasteiger partial charge in [0.15, 0.2) is 0 Å². The van der Waals surface area contributed by atoms with Crippen LogP contribution in [0.5, 0.6) is 5.75 Å². The van der Waals surface area contributed by atoms with Gasteiger partial charge in [-0.3, -0.25) is 0 Å². The third-order valence-corrected chi connectivity index (χ3v) is 6.06. The molecule has 0 unspecified atom stereocenters. The summed E-state index contributed by atoms with van der Waals surface area (Å²) in [6.45, 7) is 0. The Hall–Kier alpha value is -0.500. The van der Waals surface area contributed by atoms with Gasteiger partial charge >= 0.3 is 0 Å². The fourth-order valence-electron chi connectivity index (χ4n) is 5.39. The minimum absolute atomic E-state index is 0.305. The van der Waals surface area contributed by atoms with Crippen molar-refractivity contribution < 1.29 is 5.11 Å². The second kappa shape index (κ2) is 3.75. The van der Waals surface area contributed by atoms with Gasteiger partial charge in [-0.2, -0.15) is 0 Å². The summed E-state index contributed by atoms with van der Waals surface area (Å²) in [5.41, 5.74) is 1.53. The second-order valence-electron chi connectivity index (χ2n) is 6.86. The summed E-state index contributed by atoms with van der Waals surface area (Å²) in [5, 5.41) is 10.3. The molecule has 4 aliphatic carbocycles. The Morgan fingerprint density at radius 1 is 1.00 bits per heavy atom. The minimum atomic E-state index is 0.305. The summed E-state index contributed by atoms with van der Waals surface area (Å²) in [4.78, 5) is 0. The molecule has 0 amide bonds. The highest BCUT2D eigenvalue weighted by atomic mass is 79.9. The van der Waals surface area contributed by atoms with Gasteiger partial charge in [0.2, 0.25) is 0 Å². The standard InChI is InChI=1S/C16H19BrO/c17-13-1-2-14(15(18)6-13)16-7-10-3-11(8-16)5-12(4-10)9-16/h1-2,6,10-12,18H,3-5,7-9H2. The molecule has 0 atom stereocenters. The van der Waals surface area contributed by atoms with E-state index >= 15 is 0 Å². The molecule has 4 saturated carbocycles. The van der Waals surface area contributed by atoms with Crippen LogP contribution in [0, 0.1) is 17.8 Å². The van der Waals surface area contributed by atoms with E-state index in [0.29, 0.717) is 11.2 Å². The molecule has 0 spiro atoms. The van der Waals surface area contributed by atoms with Crippen molar-refractivity contribution in [1.82, 2.24) is 0 Å². The van der Waals surface area contributed by atoms with Crippen LogP contribution in [0.3, 0.4) is 0 Å². The van der Waals surface area contributed by atoms with Crippen LogP contribution in [0.1, 0.15) is 44.1 Å². The number of benzene rings is 1. The summed E-state index contributed by atoms with van der Waals surface area (Å²) in [6.07, 6.45) is 8.31. The maximum atomic E-state index is 10.3. The molecule has 0 saturated heterocycles. The lowest BCUT2D eigenvalue weighted by Gasteiger charge is -2.57. The zero-order valence-corrected chi connectivity index (χ0v) is 12.1. The van der Waals surface area contributed by atoms with Gasteiger partial charge in [-0.25, -0.2) is 0 Å². The molecule has 1 nitrogen and oxygen atoms in total. The van der Waals surface area contributed by atoms with E-state index in [0.717, 1.165) is 22.2 Å². The fraction of sp³-hybridized carbons (Fsp3) is 0.625. The second-order valence-corrected chi connectivity index (χ2v) is 7.78. The van der Waals surface area contributed by atoms with Crippen LogP contribution >= 0.6 is 15.9 Å². The summed E-state index contributed by atoms with van der Waals surface area (Å²) in [7, 11) is 0. The van der Waals surface area contributed by atoms with Crippen molar-refractivity contribution >= 4 is 15.9 Å². The first kappa shape index (κ1) is 11.3. The van der Waals surface area contributed by atoms with Crippen LogP contribution < -0.4 is 0 Å². The molecular formula is C16H19BrO. The van der Waals surface area contributed by atoms with Crippen LogP contribution in [-0.2, 0) is 5.41 Å². The van der Waals surface area contributed by atoms with Crippen LogP contribution in [0.15, 0.2) is 22.7 Å². The normalized spacial score (nSPS) is 41.3. The summed E-state index contributed by atoms with van der Waals surface area (Å²) in [6, 6.07) is 6.12. The smallest absolute Gasteiger partial charge is 0.120 e. The molecule has 0 aliphatic heterocycles. The Bertz CT molecular complexity index is 459. The summed E-state index contributed by atoms with van der Waals surface area (Å²) >= 11 is 3.45. The van der Waals surface area contributed by atoms with Crippen molar-refractivity contribution in [3.05, 3.63) is 28.2 Å². The van der Waals surface area contributed by atoms with E-state index in [4.69, 9.17) is 0 Å². The van der Waals surface area contributed by atoms with Gasteiger partial charge in [-0.05, 0) is 73.8 Å². The molecule has 2 heteroatoms. The monoisotopic (exact) mass is 306 g/mol. The summed E-state index contributed by atoms with van der Waals surface area (Å²) in [5.74, 6) is 3.30. The van der Waals surface area contributed by atoms with Crippen molar-refractivity contribution in [2.75, 3.05) is 0 Å². The van der Waals surface area contributed by atoms with Gasteiger partial charge in [0, 0.05) is 10.0 Å². The van der Waals surface area contributed by atoms with E-state index in [-0.39, 0.29) is 0 Å². The lowest BCUT2D eigenvalue weighted by atomic mass is 9.48. The molecular weight excluding hydrogens is 288 g/mol. The maximum Gasteiger partial charge on any atom is 0.120 e. The molecule has 0 aromatic heterocycles. The number of rotatable bonds is 1. The van der Waals surface area contributed by atoms with Crippen LogP contribution in [-0.4, -0.2) is 5.11 Å². The quantitative estimate of drug-likeness (QED) is 0.802. The number of phenols is 1. The van der Waals surface area contributed by atoms with E-state index in [1.165, 1.54) is 44.1 Å². The van der Waals surface area contributed by atoms with Crippen molar-refractivity contribution in [1.29, 1.82) is 0 Å². The molecule has 96 valence electrons. The topological polar surface area (TPSA) is 20.2 Å². The largest absolute Gasteiger partial charge is 0.508 e. The molecule has 0 heterocycles. The zero-order chi connectivity index (χ0) is 12.3. The average Bonchev–Trinajstić information content (AvgIpc) is 2.26. The minimum Gasteiger partial charge on any atom is -0.508 e. The molecule has 4 bridgehead atoms. The number of halogens is 1. The van der Waals surface area contributed by atoms with E-state index in [1.54, 1.807) is 0 Å². The lowest BCUT2D eigenvalue weighted by Crippen LogP contribution is -2.48. The molecule has 5 rings (SSSR count). The number of hydrogen-bond acceptors (Lipinski definition) is 1. The van der Waals surface area contributed by atoms with Gasteiger partial charge in [0.1, 0.15) is 5.75 Å². The molecule has 1 aromatic carbocycles. The van der Waals surface area contributed by atoms with Crippen molar-refractivity contribution in [3.63, 3.8) is 0 Å². The molecule has 4 fully saturated rings. The van der Waals surface area contributed by atoms with Crippen molar-refractivity contribution in [2.24, 2.45) is 17.8 Å². The molecule has 4 aliphatic rings. The van der Waals surface area contributed by atoms with Gasteiger partial charge in [-0.1, -0.05) is 22.0 Å². The third kappa shape index (κ3) is 1.57. The van der Waals surface area contributed by atoms with E-state index in [1.807, 2.05) is 6.07 Å². The molecule has 18 heavy (non-hydrogen) atoms. The summed E-state index contributed by atoms with van der Waals surface area (Å²) < 4.78 is 0.980. The number of hydrogen-bond donors (Lipinski definition) is 1. The SMILES string of the molecule is Oc1cc(Br)ccc1C12CC3CC(CC(C3)C1)C2.